The molecule has 0 unspecified atom stereocenters. The van der Waals surface area contributed by atoms with E-state index in [0.717, 1.165) is 0 Å². The van der Waals surface area contributed by atoms with E-state index >= 15 is 0 Å². The number of ether oxygens (including phenoxy) is 2. The van der Waals surface area contributed by atoms with Crippen molar-refractivity contribution in [2.24, 2.45) is 0 Å². The molecule has 0 spiro atoms. The average Bonchev–Trinajstić information content (AvgIpc) is 3.99. The number of anilines is 4. The second-order valence-corrected chi connectivity index (χ2v) is 19.6. The zero-order chi connectivity index (χ0) is 52.7. The van der Waals surface area contributed by atoms with Crippen molar-refractivity contribution in [3.05, 3.63) is 153 Å². The van der Waals surface area contributed by atoms with Crippen molar-refractivity contribution in [2.75, 3.05) is 34.5 Å². The van der Waals surface area contributed by atoms with Gasteiger partial charge in [-0.15, -0.1) is 22.7 Å². The van der Waals surface area contributed by atoms with Crippen LogP contribution in [-0.4, -0.2) is 23.4 Å². The Morgan fingerprint density at radius 1 is 0.432 bits per heavy atom. The van der Waals surface area contributed by atoms with Crippen LogP contribution in [-0.2, 0) is 37.5 Å². The van der Waals surface area contributed by atoms with Crippen LogP contribution in [0.5, 0.6) is 11.5 Å². The predicted octanol–water partition coefficient (Wildman–Crippen LogP) is 17.5. The van der Waals surface area contributed by atoms with E-state index in [2.05, 4.69) is 44.2 Å². The standard InChI is InChI=1S/C52H36F12N4O2S4/c53-49(54,55)31-19-32(50(56,57)58)22-35(21-31)65-47(71)67-41-11-7-27-5-9-37-25-39(27)43(41)44-40-26-38(70-16-2-4-30-14-18-74-46(30)45-29(13-17-73-45)3-1-15-69-37)10-6-28(40)8-12-42(44)68-48(72)66-36-23-33(51(59,60)61)20-34(24-36)52(62,63)64/h5-14,17-26H,1-4,15-16H2,(H2,65,67,71)(H2,66,68,72). The maximum atomic E-state index is 13.9. The minimum atomic E-state index is -5.16. The SMILES string of the molecule is FC(F)(F)c1cc(NC(=S)Nc2ccc3ccc4cc3c2-c2c(NC(=S)Nc3cc(C(F)(F)F)cc(C(F)(F)F)c3)ccc3ccc(cc23)OCCCc2ccsc2-c2sccc2CCCO4)cc(C(F)(F)F)c1. The molecular formula is C52H36F12N4O2S4. The number of thiocarbonyl (C=S) groups is 2. The molecule has 4 bridgehead atoms. The van der Waals surface area contributed by atoms with Gasteiger partial charge in [0.1, 0.15) is 11.5 Å². The fourth-order valence-corrected chi connectivity index (χ4v) is 11.1. The number of halogens is 12. The molecule has 74 heavy (non-hydrogen) atoms. The monoisotopic (exact) mass is 1100 g/mol. The van der Waals surface area contributed by atoms with Gasteiger partial charge in [0.15, 0.2) is 10.2 Å². The Labute approximate surface area is 432 Å². The van der Waals surface area contributed by atoms with Gasteiger partial charge in [0.2, 0.25) is 0 Å². The smallest absolute Gasteiger partial charge is 0.416 e. The Morgan fingerprint density at radius 3 is 1.14 bits per heavy atom. The van der Waals surface area contributed by atoms with Crippen molar-refractivity contribution < 1.29 is 62.2 Å². The lowest BCUT2D eigenvalue weighted by Crippen LogP contribution is -2.22. The maximum absolute atomic E-state index is 13.9. The lowest BCUT2D eigenvalue weighted by atomic mass is 9.90. The Kier molecular flexibility index (Phi) is 14.5. The molecule has 0 aliphatic carbocycles. The second kappa shape index (κ2) is 20.6. The van der Waals surface area contributed by atoms with Gasteiger partial charge in [0.25, 0.3) is 0 Å². The van der Waals surface area contributed by atoms with Gasteiger partial charge in [0.05, 0.1) is 35.5 Å². The average molecular weight is 1110 g/mol. The van der Waals surface area contributed by atoms with Gasteiger partial charge in [-0.05, 0) is 178 Å². The van der Waals surface area contributed by atoms with Gasteiger partial charge in [-0.3, -0.25) is 0 Å². The van der Waals surface area contributed by atoms with Crippen LogP contribution in [0, 0.1) is 0 Å². The maximum Gasteiger partial charge on any atom is 0.416 e. The van der Waals surface area contributed by atoms with Gasteiger partial charge < -0.3 is 30.7 Å². The number of thiophene rings is 2. The van der Waals surface area contributed by atoms with Gasteiger partial charge in [-0.2, -0.15) is 52.7 Å². The summed E-state index contributed by atoms with van der Waals surface area (Å²) in [5.74, 6) is 0.809. The van der Waals surface area contributed by atoms with Crippen LogP contribution in [0.1, 0.15) is 46.2 Å². The molecule has 0 amide bonds. The van der Waals surface area contributed by atoms with E-state index in [1.807, 2.05) is 0 Å². The highest BCUT2D eigenvalue weighted by Gasteiger charge is 2.38. The lowest BCUT2D eigenvalue weighted by Gasteiger charge is -2.23. The van der Waals surface area contributed by atoms with Crippen LogP contribution in [0.3, 0.4) is 0 Å². The summed E-state index contributed by atoms with van der Waals surface area (Å²) in [7, 11) is 0. The van der Waals surface area contributed by atoms with Crippen molar-refractivity contribution in [3.63, 3.8) is 0 Å². The van der Waals surface area contributed by atoms with Crippen molar-refractivity contribution in [2.45, 2.75) is 50.4 Å². The molecule has 0 saturated heterocycles. The number of hydrogen-bond donors (Lipinski definition) is 4. The fraction of sp³-hybridized carbons (Fsp3) is 0.192. The molecule has 0 saturated carbocycles. The van der Waals surface area contributed by atoms with E-state index < -0.39 is 68.6 Å². The summed E-state index contributed by atoms with van der Waals surface area (Å²) in [6.07, 6.45) is -18.0. The van der Waals surface area contributed by atoms with Crippen molar-refractivity contribution in [1.82, 2.24) is 0 Å². The number of rotatable bonds is 4. The first-order valence-corrected chi connectivity index (χ1v) is 24.8. The summed E-state index contributed by atoms with van der Waals surface area (Å²) >= 11 is 14.5. The van der Waals surface area contributed by atoms with Gasteiger partial charge >= 0.3 is 24.7 Å². The summed E-state index contributed by atoms with van der Waals surface area (Å²) in [6.45, 7) is 0.563. The molecule has 384 valence electrons. The molecule has 8 aromatic rings. The summed E-state index contributed by atoms with van der Waals surface area (Å²) in [6, 6.07) is 23.0. The topological polar surface area (TPSA) is 66.6 Å². The van der Waals surface area contributed by atoms with Crippen LogP contribution in [0.25, 0.3) is 42.4 Å². The number of hydrogen-bond acceptors (Lipinski definition) is 6. The fourth-order valence-electron chi connectivity index (χ4n) is 8.52. The molecule has 22 heteroatoms. The van der Waals surface area contributed by atoms with E-state index in [1.165, 1.54) is 20.9 Å². The number of nitrogens with one attached hydrogen (secondary N) is 4. The molecule has 9 rings (SSSR count). The van der Waals surface area contributed by atoms with Crippen molar-refractivity contribution in [1.29, 1.82) is 0 Å². The van der Waals surface area contributed by atoms with E-state index in [4.69, 9.17) is 33.9 Å². The third-order valence-electron chi connectivity index (χ3n) is 11.8. The first kappa shape index (κ1) is 52.3. The first-order valence-electron chi connectivity index (χ1n) is 22.3. The minimum absolute atomic E-state index is 0.0227. The lowest BCUT2D eigenvalue weighted by molar-refractivity contribution is -0.144. The van der Waals surface area contributed by atoms with Crippen molar-refractivity contribution in [3.8, 4) is 32.4 Å². The third kappa shape index (κ3) is 11.8. The van der Waals surface area contributed by atoms with Gasteiger partial charge in [0, 0.05) is 43.6 Å². The molecule has 6 nitrogen and oxygen atoms in total. The molecule has 6 aromatic carbocycles. The highest BCUT2D eigenvalue weighted by Crippen LogP contribution is 2.47. The zero-order valence-corrected chi connectivity index (χ0v) is 41.0. The quantitative estimate of drug-likeness (QED) is 0.103. The largest absolute Gasteiger partial charge is 0.494 e. The summed E-state index contributed by atoms with van der Waals surface area (Å²) in [5.41, 5.74) is -4.42. The molecule has 3 heterocycles. The molecule has 1 aliphatic heterocycles. The van der Waals surface area contributed by atoms with E-state index in [0.29, 0.717) is 94.1 Å². The first-order chi connectivity index (χ1) is 35.0. The number of alkyl halides is 12. The van der Waals surface area contributed by atoms with Crippen molar-refractivity contribution >= 4 is 102 Å². The minimum Gasteiger partial charge on any atom is -0.494 e. The second-order valence-electron chi connectivity index (χ2n) is 16.9. The van der Waals surface area contributed by atoms with Gasteiger partial charge in [-0.1, -0.05) is 24.3 Å². The number of fused-ring (bicyclic) bond motifs is 6. The van der Waals surface area contributed by atoms with E-state index in [9.17, 15) is 52.7 Å². The molecule has 1 aliphatic rings. The Balaban J connectivity index is 1.19. The normalized spacial score (nSPS) is 13.7. The zero-order valence-electron chi connectivity index (χ0n) is 37.8. The van der Waals surface area contributed by atoms with Gasteiger partial charge in [-0.25, -0.2) is 0 Å². The van der Waals surface area contributed by atoms with E-state index in [1.54, 1.807) is 83.3 Å². The Hall–Kier alpha value is -6.62. The predicted molar refractivity (Wildman–Crippen MR) is 275 cm³/mol. The summed E-state index contributed by atoms with van der Waals surface area (Å²) in [5, 5.41) is 16.2. The van der Waals surface area contributed by atoms with Crippen LogP contribution in [0.15, 0.2) is 120 Å². The summed E-state index contributed by atoms with van der Waals surface area (Å²) < 4.78 is 180. The van der Waals surface area contributed by atoms with Crippen LogP contribution < -0.4 is 30.7 Å². The molecule has 2 aromatic heterocycles. The van der Waals surface area contributed by atoms with E-state index in [-0.39, 0.29) is 36.7 Å². The Bertz CT molecular complexity index is 3150. The summed E-state index contributed by atoms with van der Waals surface area (Å²) in [4.78, 5) is 2.37. The molecule has 0 atom stereocenters. The highest BCUT2D eigenvalue weighted by molar-refractivity contribution is 7.81. The molecular weight excluding hydrogens is 1070 g/mol. The van der Waals surface area contributed by atoms with Crippen LogP contribution in [0.2, 0.25) is 0 Å². The van der Waals surface area contributed by atoms with Crippen LogP contribution in [0.4, 0.5) is 75.4 Å². The third-order valence-corrected chi connectivity index (χ3v) is 14.3. The molecule has 0 radical (unpaired) electrons. The Morgan fingerprint density at radius 2 is 0.784 bits per heavy atom. The number of aryl methyl sites for hydroxylation is 2. The highest BCUT2D eigenvalue weighted by atomic mass is 32.1. The van der Waals surface area contributed by atoms with Crippen LogP contribution >= 0.6 is 47.1 Å². The number of benzene rings is 6. The molecule has 0 fully saturated rings. The molecule has 4 N–H and O–H groups in total.